The molecule has 2 N–H and O–H groups in total. The number of likely N-dealkylation sites (tertiary alicyclic amines) is 1. The number of hydrogen-bond donors (Lipinski definition) is 2. The number of aliphatic hydroxyl groups is 1. The molecule has 25 heavy (non-hydrogen) atoms. The molecule has 0 aromatic carbocycles. The molecule has 0 radical (unpaired) electrons. The van der Waals surface area contributed by atoms with Gasteiger partial charge >= 0.3 is 0 Å². The molecule has 0 saturated carbocycles. The fourth-order valence-electron chi connectivity index (χ4n) is 2.97. The topological polar surface area (TPSA) is 70.0 Å². The van der Waals surface area contributed by atoms with Crippen LogP contribution in [0.5, 0.6) is 5.88 Å². The van der Waals surface area contributed by atoms with Crippen LogP contribution in [0.4, 0.5) is 0 Å². The number of ether oxygens (including phenoxy) is 1. The Balaban J connectivity index is 0.00000225. The maximum Gasteiger partial charge on any atom is 0.213 e. The smallest absolute Gasteiger partial charge is 0.213 e. The third kappa shape index (κ3) is 5.89. The van der Waals surface area contributed by atoms with E-state index in [0.717, 1.165) is 49.9 Å². The van der Waals surface area contributed by atoms with Crippen LogP contribution in [0.3, 0.4) is 0 Å². The average molecular weight is 478 g/mol. The van der Waals surface area contributed by atoms with Crippen LogP contribution >= 0.6 is 35.7 Å². The van der Waals surface area contributed by atoms with Crippen molar-refractivity contribution in [3.63, 3.8) is 0 Å². The van der Waals surface area contributed by atoms with Gasteiger partial charge in [-0.05, 0) is 25.2 Å². The first-order valence-electron chi connectivity index (χ1n) is 8.59. The van der Waals surface area contributed by atoms with E-state index < -0.39 is 5.60 Å². The number of thioether (sulfide) groups is 1. The first-order chi connectivity index (χ1) is 11.7. The summed E-state index contributed by atoms with van der Waals surface area (Å²) in [5, 5.41) is 13.8. The van der Waals surface area contributed by atoms with Gasteiger partial charge in [-0.25, -0.2) is 4.98 Å². The zero-order valence-electron chi connectivity index (χ0n) is 14.6. The molecule has 2 atom stereocenters. The Morgan fingerprint density at radius 3 is 3.12 bits per heavy atom. The van der Waals surface area contributed by atoms with Crippen molar-refractivity contribution >= 4 is 41.7 Å². The van der Waals surface area contributed by atoms with Crippen LogP contribution in [0.2, 0.25) is 0 Å². The summed E-state index contributed by atoms with van der Waals surface area (Å²) >= 11 is 1.80. The average Bonchev–Trinajstić information content (AvgIpc) is 3.22. The van der Waals surface area contributed by atoms with Crippen molar-refractivity contribution in [1.29, 1.82) is 0 Å². The van der Waals surface area contributed by atoms with E-state index in [0.29, 0.717) is 12.4 Å². The Hall–Kier alpha value is -0.740. The Morgan fingerprint density at radius 2 is 2.44 bits per heavy atom. The Morgan fingerprint density at radius 1 is 1.56 bits per heavy atom. The van der Waals surface area contributed by atoms with E-state index in [1.165, 1.54) is 0 Å². The highest BCUT2D eigenvalue weighted by molar-refractivity contribution is 14.0. The first kappa shape index (κ1) is 20.6. The van der Waals surface area contributed by atoms with Gasteiger partial charge < -0.3 is 20.1 Å². The second-order valence-corrected chi connectivity index (χ2v) is 7.44. The summed E-state index contributed by atoms with van der Waals surface area (Å²) in [5.41, 5.74) is -0.644. The summed E-state index contributed by atoms with van der Waals surface area (Å²) in [6, 6.07) is 5.70. The van der Waals surface area contributed by atoms with E-state index in [-0.39, 0.29) is 30.1 Å². The van der Waals surface area contributed by atoms with E-state index in [1.54, 1.807) is 18.0 Å². The van der Waals surface area contributed by atoms with E-state index in [2.05, 4.69) is 27.1 Å². The quantitative estimate of drug-likeness (QED) is 0.383. The lowest BCUT2D eigenvalue weighted by Crippen LogP contribution is -2.42. The molecule has 0 spiro atoms. The number of pyridine rings is 1. The zero-order valence-corrected chi connectivity index (χ0v) is 17.7. The first-order valence-corrected chi connectivity index (χ1v) is 9.75. The highest BCUT2D eigenvalue weighted by atomic mass is 127. The monoisotopic (exact) mass is 478 g/mol. The van der Waals surface area contributed by atoms with Crippen molar-refractivity contribution in [1.82, 2.24) is 15.2 Å². The number of aliphatic imine (C=N–C) groups is 1. The lowest BCUT2D eigenvalue weighted by molar-refractivity contribution is 0.0776. The van der Waals surface area contributed by atoms with Crippen LogP contribution in [0.25, 0.3) is 0 Å². The molecule has 2 aliphatic heterocycles. The maximum atomic E-state index is 10.5. The van der Waals surface area contributed by atoms with Crippen LogP contribution in [0, 0.1) is 0 Å². The van der Waals surface area contributed by atoms with E-state index in [4.69, 9.17) is 4.74 Å². The van der Waals surface area contributed by atoms with E-state index in [9.17, 15) is 5.11 Å². The van der Waals surface area contributed by atoms with E-state index in [1.807, 2.05) is 18.2 Å². The van der Waals surface area contributed by atoms with Crippen molar-refractivity contribution < 1.29 is 9.84 Å². The molecule has 3 rings (SSSR count). The fraction of sp³-hybridized carbons (Fsp3) is 0.647. The third-order valence-electron chi connectivity index (χ3n) is 4.31. The van der Waals surface area contributed by atoms with Crippen molar-refractivity contribution in [2.24, 2.45) is 4.99 Å². The SMILES string of the molecule is CCNC(=NCC1(O)CCSC1)N1CCC(Oc2ccccn2)C1.I. The highest BCUT2D eigenvalue weighted by Crippen LogP contribution is 2.28. The summed E-state index contributed by atoms with van der Waals surface area (Å²) in [4.78, 5) is 11.1. The molecule has 140 valence electrons. The second-order valence-electron chi connectivity index (χ2n) is 6.34. The molecule has 0 bridgehead atoms. The van der Waals surface area contributed by atoms with Gasteiger partial charge in [0.05, 0.1) is 18.7 Å². The largest absolute Gasteiger partial charge is 0.472 e. The number of hydrogen-bond acceptors (Lipinski definition) is 5. The fourth-order valence-corrected chi connectivity index (χ4v) is 4.26. The van der Waals surface area contributed by atoms with Crippen molar-refractivity contribution in [2.75, 3.05) is 37.7 Å². The molecule has 8 heteroatoms. The Bertz CT molecular complexity index is 555. The van der Waals surface area contributed by atoms with Gasteiger partial charge in [0.2, 0.25) is 5.88 Å². The predicted molar refractivity (Wildman–Crippen MR) is 113 cm³/mol. The van der Waals surface area contributed by atoms with E-state index >= 15 is 0 Å². The molecule has 3 heterocycles. The lowest BCUT2D eigenvalue weighted by Gasteiger charge is -2.24. The van der Waals surface area contributed by atoms with Gasteiger partial charge in [-0.1, -0.05) is 6.07 Å². The van der Waals surface area contributed by atoms with Crippen LogP contribution in [0.1, 0.15) is 19.8 Å². The second kappa shape index (κ2) is 9.82. The molecule has 2 aliphatic rings. The number of nitrogens with one attached hydrogen (secondary N) is 1. The molecule has 2 saturated heterocycles. The van der Waals surface area contributed by atoms with Gasteiger partial charge in [-0.2, -0.15) is 11.8 Å². The number of nitrogens with zero attached hydrogens (tertiary/aromatic N) is 3. The standard InChI is InChI=1S/C17H26N4O2S.HI/c1-2-18-16(20-12-17(22)7-10-24-13-17)21-9-6-14(11-21)23-15-5-3-4-8-19-15;/h3-5,8,14,22H,2,6-7,9-13H2,1H3,(H,18,20);1H. The molecule has 2 fully saturated rings. The summed E-state index contributed by atoms with van der Waals surface area (Å²) in [6.07, 6.45) is 3.63. The number of halogens is 1. The van der Waals surface area contributed by atoms with Crippen LogP contribution in [-0.4, -0.2) is 70.3 Å². The molecular weight excluding hydrogens is 451 g/mol. The van der Waals surface area contributed by atoms with Crippen LogP contribution in [-0.2, 0) is 0 Å². The van der Waals surface area contributed by atoms with Crippen LogP contribution in [0.15, 0.2) is 29.4 Å². The van der Waals surface area contributed by atoms with Gasteiger partial charge in [0.1, 0.15) is 6.10 Å². The molecule has 2 unspecified atom stereocenters. The normalized spacial score (nSPS) is 26.4. The molecule has 0 aliphatic carbocycles. The minimum absolute atomic E-state index is 0. The summed E-state index contributed by atoms with van der Waals surface area (Å²) in [7, 11) is 0. The number of rotatable bonds is 5. The lowest BCUT2D eigenvalue weighted by atomic mass is 10.1. The molecule has 0 amide bonds. The third-order valence-corrected chi connectivity index (χ3v) is 5.54. The summed E-state index contributed by atoms with van der Waals surface area (Å²) < 4.78 is 5.94. The summed E-state index contributed by atoms with van der Waals surface area (Å²) in [5.74, 6) is 3.34. The highest BCUT2D eigenvalue weighted by Gasteiger charge is 2.32. The number of aromatic nitrogens is 1. The number of guanidine groups is 1. The van der Waals surface area contributed by atoms with Crippen LogP contribution < -0.4 is 10.1 Å². The minimum Gasteiger partial charge on any atom is -0.472 e. The molecule has 6 nitrogen and oxygen atoms in total. The van der Waals surface area contributed by atoms with Crippen molar-refractivity contribution in [2.45, 2.75) is 31.5 Å². The van der Waals surface area contributed by atoms with Gasteiger partial charge in [0, 0.05) is 37.5 Å². The summed E-state index contributed by atoms with van der Waals surface area (Å²) in [6.45, 7) is 5.03. The zero-order chi connectivity index (χ0) is 16.8. The van der Waals surface area contributed by atoms with Gasteiger partial charge in [0.15, 0.2) is 5.96 Å². The van der Waals surface area contributed by atoms with Crippen molar-refractivity contribution in [3.8, 4) is 5.88 Å². The molecular formula is C17H27IN4O2S. The van der Waals surface area contributed by atoms with Gasteiger partial charge in [-0.15, -0.1) is 24.0 Å². The van der Waals surface area contributed by atoms with Gasteiger partial charge in [0.25, 0.3) is 0 Å². The minimum atomic E-state index is -0.644. The van der Waals surface area contributed by atoms with Gasteiger partial charge in [-0.3, -0.25) is 4.99 Å². The maximum absolute atomic E-state index is 10.5. The Labute approximate surface area is 170 Å². The Kier molecular flexibility index (Phi) is 8.08. The molecule has 1 aromatic rings. The molecule has 1 aromatic heterocycles. The van der Waals surface area contributed by atoms with Crippen molar-refractivity contribution in [3.05, 3.63) is 24.4 Å². The predicted octanol–water partition coefficient (Wildman–Crippen LogP) is 1.99.